The Morgan fingerprint density at radius 1 is 1.21 bits per heavy atom. The van der Waals surface area contributed by atoms with Crippen molar-refractivity contribution in [3.05, 3.63) is 65.7 Å². The van der Waals surface area contributed by atoms with Crippen LogP contribution in [0.15, 0.2) is 48.5 Å². The lowest BCUT2D eigenvalue weighted by atomic mass is 9.96. The highest BCUT2D eigenvalue weighted by atomic mass is 19.1. The predicted molar refractivity (Wildman–Crippen MR) is 108 cm³/mol. The molecule has 2 aromatic carbocycles. The quantitative estimate of drug-likeness (QED) is 0.712. The number of imidazole rings is 1. The number of hydrogen-bond acceptors (Lipinski definition) is 3. The smallest absolute Gasteiger partial charge is 0.253 e. The molecule has 150 valence electrons. The number of carbonyl (C=O) groups excluding carboxylic acids is 2. The molecule has 1 fully saturated rings. The predicted octanol–water partition coefficient (Wildman–Crippen LogP) is 3.43. The molecule has 0 bridgehead atoms. The second kappa shape index (κ2) is 8.03. The summed E-state index contributed by atoms with van der Waals surface area (Å²) >= 11 is 0. The summed E-state index contributed by atoms with van der Waals surface area (Å²) in [4.78, 5) is 34.9. The number of aromatic nitrogens is 2. The molecule has 0 aliphatic carbocycles. The van der Waals surface area contributed by atoms with Gasteiger partial charge in [-0.3, -0.25) is 9.59 Å². The van der Waals surface area contributed by atoms with E-state index in [0.717, 1.165) is 23.9 Å². The van der Waals surface area contributed by atoms with Gasteiger partial charge >= 0.3 is 0 Å². The number of nitrogens with zero attached hydrogens (tertiary/aromatic N) is 2. The molecule has 0 radical (unpaired) electrons. The van der Waals surface area contributed by atoms with Gasteiger partial charge in [0.05, 0.1) is 23.0 Å². The van der Waals surface area contributed by atoms with E-state index in [4.69, 9.17) is 0 Å². The molecule has 0 saturated carbocycles. The summed E-state index contributed by atoms with van der Waals surface area (Å²) in [5, 5.41) is 3.01. The number of fused-ring (bicyclic) bond motifs is 1. The maximum Gasteiger partial charge on any atom is 0.253 e. The molecule has 0 spiro atoms. The molecular formula is C22H23FN4O2. The first-order valence-corrected chi connectivity index (χ1v) is 9.81. The molecule has 29 heavy (non-hydrogen) atoms. The highest BCUT2D eigenvalue weighted by molar-refractivity contribution is 5.94. The van der Waals surface area contributed by atoms with Crippen LogP contribution in [0.1, 0.15) is 42.0 Å². The Bertz CT molecular complexity index is 998. The fraction of sp³-hybridized carbons (Fsp3) is 0.318. The van der Waals surface area contributed by atoms with E-state index in [1.54, 1.807) is 4.90 Å². The van der Waals surface area contributed by atoms with E-state index < -0.39 is 0 Å². The first kappa shape index (κ1) is 19.1. The number of hydrogen-bond donors (Lipinski definition) is 2. The zero-order valence-corrected chi connectivity index (χ0v) is 16.2. The van der Waals surface area contributed by atoms with Crippen molar-refractivity contribution < 1.29 is 14.0 Å². The van der Waals surface area contributed by atoms with Gasteiger partial charge in [-0.1, -0.05) is 12.1 Å². The molecule has 2 atom stereocenters. The van der Waals surface area contributed by atoms with Gasteiger partial charge in [0, 0.05) is 18.7 Å². The lowest BCUT2D eigenvalue weighted by Gasteiger charge is -2.32. The number of likely N-dealkylation sites (tertiary alicyclic amines) is 1. The summed E-state index contributed by atoms with van der Waals surface area (Å²) in [6.45, 7) is 2.84. The average Bonchev–Trinajstić information content (AvgIpc) is 3.18. The maximum absolute atomic E-state index is 13.1. The van der Waals surface area contributed by atoms with Crippen LogP contribution in [0.2, 0.25) is 0 Å². The van der Waals surface area contributed by atoms with Crippen LogP contribution in [0.5, 0.6) is 0 Å². The normalized spacial score (nSPS) is 17.9. The number of amides is 2. The van der Waals surface area contributed by atoms with E-state index in [2.05, 4.69) is 15.3 Å². The number of halogens is 1. The molecule has 7 heteroatoms. The fourth-order valence-corrected chi connectivity index (χ4v) is 3.73. The molecule has 1 aromatic heterocycles. The second-order valence-corrected chi connectivity index (χ2v) is 7.47. The van der Waals surface area contributed by atoms with Crippen molar-refractivity contribution >= 4 is 22.8 Å². The van der Waals surface area contributed by atoms with Gasteiger partial charge in [0.1, 0.15) is 11.6 Å². The van der Waals surface area contributed by atoms with Gasteiger partial charge in [0.2, 0.25) is 5.91 Å². The van der Waals surface area contributed by atoms with Crippen molar-refractivity contribution in [1.82, 2.24) is 20.2 Å². The molecule has 2 heterocycles. The zero-order chi connectivity index (χ0) is 20.4. The standard InChI is InChI=1S/C22H23FN4O2/c1-14(20-25-18-6-2-3-7-19(18)26-20)24-21(28)16-5-4-12-27(13-16)22(29)15-8-10-17(23)11-9-15/h2-3,6-11,14,16H,4-5,12-13H2,1H3,(H,24,28)(H,25,26). The molecule has 2 amide bonds. The fourth-order valence-electron chi connectivity index (χ4n) is 3.73. The average molecular weight is 394 g/mol. The van der Waals surface area contributed by atoms with Crippen molar-refractivity contribution in [2.75, 3.05) is 13.1 Å². The summed E-state index contributed by atoms with van der Waals surface area (Å²) in [6.07, 6.45) is 1.48. The number of carbonyl (C=O) groups is 2. The maximum atomic E-state index is 13.1. The van der Waals surface area contributed by atoms with Gasteiger partial charge < -0.3 is 15.2 Å². The summed E-state index contributed by atoms with van der Waals surface area (Å²) in [6, 6.07) is 13.0. The highest BCUT2D eigenvalue weighted by Crippen LogP contribution is 2.21. The minimum absolute atomic E-state index is 0.0884. The summed E-state index contributed by atoms with van der Waals surface area (Å²) in [5.41, 5.74) is 2.22. The molecule has 3 aromatic rings. The number of para-hydroxylation sites is 2. The lowest BCUT2D eigenvalue weighted by Crippen LogP contribution is -2.46. The molecule has 1 aliphatic heterocycles. The number of H-pyrrole nitrogens is 1. The third-order valence-corrected chi connectivity index (χ3v) is 5.35. The van der Waals surface area contributed by atoms with Gasteiger partial charge in [-0.15, -0.1) is 0 Å². The van der Waals surface area contributed by atoms with Crippen LogP contribution >= 0.6 is 0 Å². The molecule has 2 unspecified atom stereocenters. The SMILES string of the molecule is CC(NC(=O)C1CCCN(C(=O)c2ccc(F)cc2)C1)c1nc2ccccc2[nH]1. The highest BCUT2D eigenvalue weighted by Gasteiger charge is 2.30. The topological polar surface area (TPSA) is 78.1 Å². The first-order valence-electron chi connectivity index (χ1n) is 9.81. The van der Waals surface area contributed by atoms with Crippen LogP contribution in [-0.2, 0) is 4.79 Å². The van der Waals surface area contributed by atoms with Crippen LogP contribution in [-0.4, -0.2) is 39.8 Å². The number of piperidine rings is 1. The Kier molecular flexibility index (Phi) is 5.29. The third kappa shape index (κ3) is 4.13. The Balaban J connectivity index is 1.40. The third-order valence-electron chi connectivity index (χ3n) is 5.35. The minimum atomic E-state index is -0.378. The van der Waals surface area contributed by atoms with E-state index in [-0.39, 0.29) is 29.6 Å². The van der Waals surface area contributed by atoms with E-state index in [1.807, 2.05) is 31.2 Å². The van der Waals surface area contributed by atoms with Gasteiger partial charge in [-0.05, 0) is 56.2 Å². The summed E-state index contributed by atoms with van der Waals surface area (Å²) < 4.78 is 13.1. The molecule has 6 nitrogen and oxygen atoms in total. The molecular weight excluding hydrogens is 371 g/mol. The van der Waals surface area contributed by atoms with Crippen molar-refractivity contribution in [2.45, 2.75) is 25.8 Å². The van der Waals surface area contributed by atoms with Gasteiger partial charge in [-0.25, -0.2) is 9.37 Å². The Hall–Kier alpha value is -3.22. The van der Waals surface area contributed by atoms with E-state index in [0.29, 0.717) is 24.5 Å². The molecule has 4 rings (SSSR count). The minimum Gasteiger partial charge on any atom is -0.346 e. The van der Waals surface area contributed by atoms with Crippen molar-refractivity contribution in [2.24, 2.45) is 5.92 Å². The number of benzene rings is 2. The van der Waals surface area contributed by atoms with Crippen LogP contribution < -0.4 is 5.32 Å². The van der Waals surface area contributed by atoms with Gasteiger partial charge in [-0.2, -0.15) is 0 Å². The molecule has 1 saturated heterocycles. The van der Waals surface area contributed by atoms with Crippen LogP contribution in [0.25, 0.3) is 11.0 Å². The summed E-state index contributed by atoms with van der Waals surface area (Å²) in [5.74, 6) is -0.214. The lowest BCUT2D eigenvalue weighted by molar-refractivity contribution is -0.127. The zero-order valence-electron chi connectivity index (χ0n) is 16.2. The van der Waals surface area contributed by atoms with Gasteiger partial charge in [0.15, 0.2) is 0 Å². The Morgan fingerprint density at radius 2 is 1.97 bits per heavy atom. The van der Waals surface area contributed by atoms with Crippen LogP contribution in [0, 0.1) is 11.7 Å². The van der Waals surface area contributed by atoms with Crippen molar-refractivity contribution in [3.63, 3.8) is 0 Å². The molecule has 1 aliphatic rings. The Morgan fingerprint density at radius 3 is 2.72 bits per heavy atom. The number of rotatable bonds is 4. The van der Waals surface area contributed by atoms with Gasteiger partial charge in [0.25, 0.3) is 5.91 Å². The van der Waals surface area contributed by atoms with Crippen molar-refractivity contribution in [1.29, 1.82) is 0 Å². The monoisotopic (exact) mass is 394 g/mol. The number of nitrogens with one attached hydrogen (secondary N) is 2. The first-order chi connectivity index (χ1) is 14.0. The second-order valence-electron chi connectivity index (χ2n) is 7.47. The van der Waals surface area contributed by atoms with Crippen molar-refractivity contribution in [3.8, 4) is 0 Å². The van der Waals surface area contributed by atoms with Crippen LogP contribution in [0.4, 0.5) is 4.39 Å². The van der Waals surface area contributed by atoms with E-state index in [1.165, 1.54) is 24.3 Å². The largest absolute Gasteiger partial charge is 0.346 e. The van der Waals surface area contributed by atoms with E-state index in [9.17, 15) is 14.0 Å². The number of aromatic amines is 1. The Labute approximate surface area is 168 Å². The summed E-state index contributed by atoms with van der Waals surface area (Å²) in [7, 11) is 0. The molecule has 2 N–H and O–H groups in total. The van der Waals surface area contributed by atoms with Crippen LogP contribution in [0.3, 0.4) is 0 Å². The van der Waals surface area contributed by atoms with E-state index >= 15 is 0 Å².